The Morgan fingerprint density at radius 1 is 1.22 bits per heavy atom. The first-order chi connectivity index (χ1) is 8.92. The average Bonchev–Trinajstić information content (AvgIpc) is 3.09. The summed E-state index contributed by atoms with van der Waals surface area (Å²) < 4.78 is 0. The van der Waals surface area contributed by atoms with Crippen LogP contribution >= 0.6 is 11.8 Å². The summed E-state index contributed by atoms with van der Waals surface area (Å²) in [6.07, 6.45) is 10.4. The van der Waals surface area contributed by atoms with Crippen LogP contribution in [0.2, 0.25) is 0 Å². The lowest BCUT2D eigenvalue weighted by atomic mass is 10.1. The van der Waals surface area contributed by atoms with Crippen molar-refractivity contribution in [2.75, 3.05) is 5.75 Å². The predicted molar refractivity (Wildman–Crippen MR) is 76.8 cm³/mol. The molecule has 0 bridgehead atoms. The van der Waals surface area contributed by atoms with Crippen LogP contribution in [0.3, 0.4) is 0 Å². The molecule has 0 radical (unpaired) electrons. The van der Waals surface area contributed by atoms with E-state index in [0.717, 1.165) is 18.5 Å². The van der Waals surface area contributed by atoms with Gasteiger partial charge in [0.2, 0.25) is 0 Å². The van der Waals surface area contributed by atoms with Crippen LogP contribution in [0.4, 0.5) is 0 Å². The molecule has 1 aromatic heterocycles. The van der Waals surface area contributed by atoms with Crippen LogP contribution in [0.5, 0.6) is 0 Å². The second-order valence-electron chi connectivity index (χ2n) is 5.58. The molecular weight excluding hydrogens is 240 g/mol. The SMILES string of the molecule is c1cnc(SCC2CCCC2)c(CNC2CC2)c1. The van der Waals surface area contributed by atoms with Gasteiger partial charge in [0.15, 0.2) is 0 Å². The standard InChI is InChI=1S/C15H22N2S/c1-2-5-12(4-1)11-18-15-13(6-3-9-16-15)10-17-14-7-8-14/h3,6,9,12,14,17H,1-2,4-5,7-8,10-11H2. The fourth-order valence-electron chi connectivity index (χ4n) is 2.60. The Hall–Kier alpha value is -0.540. The van der Waals surface area contributed by atoms with E-state index in [2.05, 4.69) is 22.4 Å². The molecule has 1 heterocycles. The van der Waals surface area contributed by atoms with Crippen molar-refractivity contribution >= 4 is 11.8 Å². The lowest BCUT2D eigenvalue weighted by Gasteiger charge is -2.11. The van der Waals surface area contributed by atoms with E-state index in [-0.39, 0.29) is 0 Å². The first-order valence-electron chi connectivity index (χ1n) is 7.22. The van der Waals surface area contributed by atoms with Gasteiger partial charge in [-0.2, -0.15) is 0 Å². The molecule has 18 heavy (non-hydrogen) atoms. The maximum Gasteiger partial charge on any atom is 0.100 e. The van der Waals surface area contributed by atoms with Crippen LogP contribution in [0, 0.1) is 5.92 Å². The van der Waals surface area contributed by atoms with Gasteiger partial charge >= 0.3 is 0 Å². The van der Waals surface area contributed by atoms with Crippen molar-refractivity contribution in [3.63, 3.8) is 0 Å². The van der Waals surface area contributed by atoms with E-state index in [9.17, 15) is 0 Å². The Balaban J connectivity index is 1.55. The van der Waals surface area contributed by atoms with E-state index >= 15 is 0 Å². The van der Waals surface area contributed by atoms with Crippen LogP contribution in [0.1, 0.15) is 44.1 Å². The van der Waals surface area contributed by atoms with Gasteiger partial charge in [-0.15, -0.1) is 11.8 Å². The minimum atomic E-state index is 0.776. The van der Waals surface area contributed by atoms with E-state index < -0.39 is 0 Å². The normalized spacial score (nSPS) is 20.4. The third-order valence-corrected chi connectivity index (χ3v) is 5.22. The van der Waals surface area contributed by atoms with Crippen molar-refractivity contribution in [2.24, 2.45) is 5.92 Å². The molecule has 0 unspecified atom stereocenters. The molecule has 3 rings (SSSR count). The summed E-state index contributed by atoms with van der Waals surface area (Å²) in [7, 11) is 0. The van der Waals surface area contributed by atoms with Gasteiger partial charge in [-0.3, -0.25) is 0 Å². The highest BCUT2D eigenvalue weighted by Crippen LogP contribution is 2.31. The Morgan fingerprint density at radius 2 is 2.06 bits per heavy atom. The minimum Gasteiger partial charge on any atom is -0.310 e. The van der Waals surface area contributed by atoms with Gasteiger partial charge < -0.3 is 5.32 Å². The quantitative estimate of drug-likeness (QED) is 0.793. The zero-order valence-corrected chi connectivity index (χ0v) is 11.7. The highest BCUT2D eigenvalue weighted by molar-refractivity contribution is 7.99. The number of pyridine rings is 1. The van der Waals surface area contributed by atoms with Gasteiger partial charge in [-0.05, 0) is 43.2 Å². The Morgan fingerprint density at radius 3 is 2.83 bits per heavy atom. The molecule has 0 amide bonds. The molecule has 2 saturated carbocycles. The predicted octanol–water partition coefficient (Wildman–Crippen LogP) is 3.62. The van der Waals surface area contributed by atoms with Crippen molar-refractivity contribution in [2.45, 2.75) is 56.1 Å². The van der Waals surface area contributed by atoms with Gasteiger partial charge in [0.05, 0.1) is 0 Å². The number of nitrogens with zero attached hydrogens (tertiary/aromatic N) is 1. The maximum absolute atomic E-state index is 4.56. The van der Waals surface area contributed by atoms with E-state index in [1.165, 1.54) is 54.9 Å². The molecular formula is C15H22N2S. The zero-order chi connectivity index (χ0) is 12.2. The summed E-state index contributed by atoms with van der Waals surface area (Å²) in [4.78, 5) is 4.56. The topological polar surface area (TPSA) is 24.9 Å². The van der Waals surface area contributed by atoms with Crippen LogP contribution in [0.25, 0.3) is 0 Å². The second kappa shape index (κ2) is 6.07. The highest BCUT2D eigenvalue weighted by Gasteiger charge is 2.21. The molecule has 2 nitrogen and oxygen atoms in total. The lowest BCUT2D eigenvalue weighted by molar-refractivity contribution is 0.622. The summed E-state index contributed by atoms with van der Waals surface area (Å²) in [6, 6.07) is 5.06. The Kier molecular flexibility index (Phi) is 4.21. The smallest absolute Gasteiger partial charge is 0.100 e. The minimum absolute atomic E-state index is 0.776. The van der Waals surface area contributed by atoms with Gasteiger partial charge in [0.25, 0.3) is 0 Å². The number of hydrogen-bond acceptors (Lipinski definition) is 3. The zero-order valence-electron chi connectivity index (χ0n) is 10.9. The first-order valence-corrected chi connectivity index (χ1v) is 8.20. The van der Waals surface area contributed by atoms with Gasteiger partial charge in [0.1, 0.15) is 5.03 Å². The molecule has 0 aromatic carbocycles. The first kappa shape index (κ1) is 12.5. The van der Waals surface area contributed by atoms with Crippen LogP contribution in [0.15, 0.2) is 23.4 Å². The largest absolute Gasteiger partial charge is 0.310 e. The fourth-order valence-corrected chi connectivity index (χ4v) is 3.79. The van der Waals surface area contributed by atoms with Crippen molar-refractivity contribution in [1.29, 1.82) is 0 Å². The number of hydrogen-bond donors (Lipinski definition) is 1. The summed E-state index contributed by atoms with van der Waals surface area (Å²) in [5.74, 6) is 2.19. The third kappa shape index (κ3) is 3.48. The number of thioether (sulfide) groups is 1. The molecule has 98 valence electrons. The molecule has 1 N–H and O–H groups in total. The number of aromatic nitrogens is 1. The second-order valence-corrected chi connectivity index (χ2v) is 6.59. The average molecular weight is 262 g/mol. The molecule has 0 atom stereocenters. The van der Waals surface area contributed by atoms with Crippen molar-refractivity contribution in [3.8, 4) is 0 Å². The monoisotopic (exact) mass is 262 g/mol. The summed E-state index contributed by atoms with van der Waals surface area (Å²) in [6.45, 7) is 0.992. The van der Waals surface area contributed by atoms with E-state index in [1.807, 2.05) is 18.0 Å². The van der Waals surface area contributed by atoms with E-state index in [0.29, 0.717) is 0 Å². The molecule has 0 saturated heterocycles. The summed E-state index contributed by atoms with van der Waals surface area (Å²) in [5.41, 5.74) is 1.38. The van der Waals surface area contributed by atoms with Crippen LogP contribution in [-0.2, 0) is 6.54 Å². The molecule has 2 aliphatic carbocycles. The van der Waals surface area contributed by atoms with Crippen molar-refractivity contribution < 1.29 is 0 Å². The molecule has 0 spiro atoms. The van der Waals surface area contributed by atoms with Crippen molar-refractivity contribution in [3.05, 3.63) is 23.9 Å². The summed E-state index contributed by atoms with van der Waals surface area (Å²) >= 11 is 1.97. The van der Waals surface area contributed by atoms with Gasteiger partial charge in [0, 0.05) is 24.5 Å². The third-order valence-electron chi connectivity index (χ3n) is 3.94. The van der Waals surface area contributed by atoms with Gasteiger partial charge in [-0.1, -0.05) is 18.9 Å². The molecule has 2 aliphatic rings. The Labute approximate surface area is 114 Å². The molecule has 2 fully saturated rings. The lowest BCUT2D eigenvalue weighted by Crippen LogP contribution is -2.16. The number of nitrogens with one attached hydrogen (secondary N) is 1. The Bertz CT molecular complexity index is 384. The van der Waals surface area contributed by atoms with Crippen molar-refractivity contribution in [1.82, 2.24) is 10.3 Å². The van der Waals surface area contributed by atoms with E-state index in [4.69, 9.17) is 0 Å². The molecule has 3 heteroatoms. The summed E-state index contributed by atoms with van der Waals surface area (Å²) in [5, 5.41) is 4.84. The van der Waals surface area contributed by atoms with E-state index in [1.54, 1.807) is 0 Å². The number of rotatable bonds is 6. The molecule has 1 aromatic rings. The fraction of sp³-hybridized carbons (Fsp3) is 0.667. The van der Waals surface area contributed by atoms with Gasteiger partial charge in [-0.25, -0.2) is 4.98 Å². The van der Waals surface area contributed by atoms with Crippen LogP contribution < -0.4 is 5.32 Å². The maximum atomic E-state index is 4.56. The van der Waals surface area contributed by atoms with Crippen LogP contribution in [-0.4, -0.2) is 16.8 Å². The highest BCUT2D eigenvalue weighted by atomic mass is 32.2. The molecule has 0 aliphatic heterocycles.